The van der Waals surface area contributed by atoms with Crippen LogP contribution in [-0.4, -0.2) is 21.0 Å². The quantitative estimate of drug-likeness (QED) is 0.439. The molecule has 6 heteroatoms. The van der Waals surface area contributed by atoms with Crippen LogP contribution in [0.2, 0.25) is 0 Å². The van der Waals surface area contributed by atoms with Crippen LogP contribution in [0.4, 0.5) is 0 Å². The highest BCUT2D eigenvalue weighted by atomic mass is 79.9. The van der Waals surface area contributed by atoms with Gasteiger partial charge in [0.15, 0.2) is 11.5 Å². The van der Waals surface area contributed by atoms with Crippen molar-refractivity contribution in [2.45, 2.75) is 26.2 Å². The minimum absolute atomic E-state index is 0.0247. The molecule has 0 radical (unpaired) electrons. The maximum atomic E-state index is 11.8. The molecule has 0 atom stereocenters. The topological polar surface area (TPSA) is 76.2 Å². The first-order valence-electron chi connectivity index (χ1n) is 8.48. The van der Waals surface area contributed by atoms with Crippen LogP contribution >= 0.6 is 15.9 Å². The third-order valence-corrected chi connectivity index (χ3v) is 5.03. The van der Waals surface area contributed by atoms with Gasteiger partial charge in [0.25, 0.3) is 0 Å². The second-order valence-corrected chi connectivity index (χ2v) is 8.31. The van der Waals surface area contributed by atoms with Crippen LogP contribution in [0.25, 0.3) is 33.5 Å². The van der Waals surface area contributed by atoms with E-state index in [1.807, 2.05) is 18.2 Å². The number of carboxylic acid groups (broad SMARTS) is 1. The van der Waals surface area contributed by atoms with E-state index in [4.69, 9.17) is 4.42 Å². The summed E-state index contributed by atoms with van der Waals surface area (Å²) in [4.78, 5) is 20.5. The normalized spacial score (nSPS) is 12.0. The fourth-order valence-electron chi connectivity index (χ4n) is 2.98. The van der Waals surface area contributed by atoms with Crippen molar-refractivity contribution in [3.05, 3.63) is 58.2 Å². The number of carbonyl (C=O) groups is 1. The van der Waals surface area contributed by atoms with E-state index in [2.05, 4.69) is 52.7 Å². The van der Waals surface area contributed by atoms with Crippen molar-refractivity contribution >= 4 is 43.9 Å². The van der Waals surface area contributed by atoms with Gasteiger partial charge in [-0.1, -0.05) is 32.9 Å². The van der Waals surface area contributed by atoms with Crippen molar-refractivity contribution in [3.8, 4) is 11.5 Å². The van der Waals surface area contributed by atoms with E-state index in [0.29, 0.717) is 22.4 Å². The molecule has 27 heavy (non-hydrogen) atoms. The molecule has 0 fully saturated rings. The van der Waals surface area contributed by atoms with Gasteiger partial charge in [-0.05, 0) is 57.2 Å². The third-order valence-electron chi connectivity index (χ3n) is 4.44. The summed E-state index contributed by atoms with van der Waals surface area (Å²) in [7, 11) is 0. The lowest BCUT2D eigenvalue weighted by Crippen LogP contribution is -2.10. The Balaban J connectivity index is 1.98. The smallest absolute Gasteiger partial charge is 0.356 e. The maximum Gasteiger partial charge on any atom is 0.356 e. The van der Waals surface area contributed by atoms with Crippen LogP contribution in [0.3, 0.4) is 0 Å². The molecule has 0 aliphatic carbocycles. The number of benzene rings is 2. The summed E-state index contributed by atoms with van der Waals surface area (Å²) in [6.45, 7) is 6.41. The molecule has 1 N–H and O–H groups in total. The van der Waals surface area contributed by atoms with Gasteiger partial charge >= 0.3 is 5.97 Å². The number of halogens is 1. The Labute approximate surface area is 164 Å². The molecule has 0 amide bonds. The average Bonchev–Trinajstić information content (AvgIpc) is 3.04. The molecule has 0 saturated carbocycles. The minimum Gasteiger partial charge on any atom is -0.476 e. The average molecular weight is 425 g/mol. The molecule has 2 heterocycles. The molecule has 0 aliphatic heterocycles. The van der Waals surface area contributed by atoms with Gasteiger partial charge in [-0.25, -0.2) is 14.8 Å². The second kappa shape index (κ2) is 6.16. The van der Waals surface area contributed by atoms with E-state index in [1.165, 1.54) is 0 Å². The van der Waals surface area contributed by atoms with Crippen molar-refractivity contribution in [1.82, 2.24) is 9.97 Å². The monoisotopic (exact) mass is 424 g/mol. The van der Waals surface area contributed by atoms with Gasteiger partial charge in [-0.15, -0.1) is 0 Å². The fourth-order valence-corrected chi connectivity index (χ4v) is 3.54. The van der Waals surface area contributed by atoms with Crippen molar-refractivity contribution < 1.29 is 14.3 Å². The zero-order valence-corrected chi connectivity index (χ0v) is 16.7. The molecule has 0 aliphatic rings. The molecular formula is C21H17BrN2O3. The molecular weight excluding hydrogens is 408 g/mol. The van der Waals surface area contributed by atoms with E-state index in [-0.39, 0.29) is 16.8 Å². The number of nitrogens with zero attached hydrogens (tertiary/aromatic N) is 2. The Morgan fingerprint density at radius 2 is 1.74 bits per heavy atom. The summed E-state index contributed by atoms with van der Waals surface area (Å²) in [5.41, 5.74) is 3.03. The summed E-state index contributed by atoms with van der Waals surface area (Å²) in [5.74, 6) is -0.759. The number of rotatable bonds is 2. The van der Waals surface area contributed by atoms with E-state index >= 15 is 0 Å². The fraction of sp³-hybridized carbons (Fsp3) is 0.190. The zero-order chi connectivity index (χ0) is 19.3. The summed E-state index contributed by atoms with van der Waals surface area (Å²) < 4.78 is 6.80. The highest BCUT2D eigenvalue weighted by Crippen LogP contribution is 2.37. The zero-order valence-electron chi connectivity index (χ0n) is 15.1. The van der Waals surface area contributed by atoms with Crippen molar-refractivity contribution in [2.75, 3.05) is 0 Å². The first-order valence-corrected chi connectivity index (χ1v) is 9.27. The number of aromatic nitrogens is 2. The summed E-state index contributed by atoms with van der Waals surface area (Å²) in [6.07, 6.45) is 0. The number of para-hydroxylation sites is 2. The van der Waals surface area contributed by atoms with Crippen LogP contribution in [0.5, 0.6) is 0 Å². The number of aromatic carboxylic acids is 1. The molecule has 0 spiro atoms. The van der Waals surface area contributed by atoms with E-state index in [0.717, 1.165) is 15.4 Å². The SMILES string of the molecule is CC(C)(C)c1cc(Br)c2oc(-c3nc4ccccc4nc3C(=O)O)cc2c1. The van der Waals surface area contributed by atoms with E-state index < -0.39 is 5.97 Å². The lowest BCUT2D eigenvalue weighted by molar-refractivity contribution is 0.0691. The molecule has 2 aromatic carbocycles. The lowest BCUT2D eigenvalue weighted by Gasteiger charge is -2.19. The van der Waals surface area contributed by atoms with Gasteiger partial charge in [0.05, 0.1) is 15.5 Å². The number of furan rings is 1. The molecule has 0 unspecified atom stereocenters. The number of fused-ring (bicyclic) bond motifs is 2. The van der Waals surface area contributed by atoms with Crippen LogP contribution in [0, 0.1) is 0 Å². The molecule has 4 rings (SSSR count). The van der Waals surface area contributed by atoms with Crippen LogP contribution in [-0.2, 0) is 5.41 Å². The Bertz CT molecular complexity index is 1210. The highest BCUT2D eigenvalue weighted by molar-refractivity contribution is 9.10. The van der Waals surface area contributed by atoms with Crippen LogP contribution < -0.4 is 0 Å². The highest BCUT2D eigenvalue weighted by Gasteiger charge is 2.22. The Hall–Kier alpha value is -2.73. The van der Waals surface area contributed by atoms with Gasteiger partial charge in [0, 0.05) is 5.39 Å². The largest absolute Gasteiger partial charge is 0.476 e. The second-order valence-electron chi connectivity index (χ2n) is 7.45. The summed E-state index contributed by atoms with van der Waals surface area (Å²) in [6, 6.07) is 13.1. The molecule has 136 valence electrons. The predicted octanol–water partition coefficient (Wildman–Crippen LogP) is 5.80. The van der Waals surface area contributed by atoms with Crippen LogP contribution in [0.15, 0.2) is 51.4 Å². The summed E-state index contributed by atoms with van der Waals surface area (Å²) in [5, 5.41) is 10.5. The van der Waals surface area contributed by atoms with E-state index in [1.54, 1.807) is 18.2 Å². The summed E-state index contributed by atoms with van der Waals surface area (Å²) >= 11 is 3.57. The maximum absolute atomic E-state index is 11.8. The lowest BCUT2D eigenvalue weighted by atomic mass is 9.86. The number of carboxylic acids is 1. The van der Waals surface area contributed by atoms with Gasteiger partial charge in [-0.3, -0.25) is 0 Å². The van der Waals surface area contributed by atoms with Gasteiger partial charge in [0.2, 0.25) is 0 Å². The van der Waals surface area contributed by atoms with Crippen molar-refractivity contribution in [2.24, 2.45) is 0 Å². The number of hydrogen-bond acceptors (Lipinski definition) is 4. The number of hydrogen-bond donors (Lipinski definition) is 1. The Morgan fingerprint density at radius 3 is 2.37 bits per heavy atom. The van der Waals surface area contributed by atoms with Gasteiger partial charge in [0.1, 0.15) is 11.3 Å². The third kappa shape index (κ3) is 3.10. The molecule has 2 aromatic heterocycles. The first kappa shape index (κ1) is 17.7. The molecule has 0 bridgehead atoms. The van der Waals surface area contributed by atoms with Crippen molar-refractivity contribution in [3.63, 3.8) is 0 Å². The standard InChI is InChI=1S/C21H17BrN2O3/c1-21(2,3)12-8-11-9-16(27-19(11)13(22)10-12)17-18(20(25)26)24-15-7-5-4-6-14(15)23-17/h4-10H,1-3H3,(H,25,26). The molecule has 5 nitrogen and oxygen atoms in total. The molecule has 4 aromatic rings. The Kier molecular flexibility index (Phi) is 4.03. The van der Waals surface area contributed by atoms with E-state index in [9.17, 15) is 9.90 Å². The van der Waals surface area contributed by atoms with Crippen molar-refractivity contribution in [1.29, 1.82) is 0 Å². The van der Waals surface area contributed by atoms with Gasteiger partial charge < -0.3 is 9.52 Å². The van der Waals surface area contributed by atoms with Gasteiger partial charge in [-0.2, -0.15) is 0 Å². The predicted molar refractivity (Wildman–Crippen MR) is 108 cm³/mol. The first-order chi connectivity index (χ1) is 12.7. The minimum atomic E-state index is -1.14. The molecule has 0 saturated heterocycles. The Morgan fingerprint density at radius 1 is 1.07 bits per heavy atom. The van der Waals surface area contributed by atoms with Crippen LogP contribution in [0.1, 0.15) is 36.8 Å².